The molecule has 0 N–H and O–H groups in total. The van der Waals surface area contributed by atoms with Gasteiger partial charge >= 0.3 is 0 Å². The zero-order valence-electron chi connectivity index (χ0n) is 15.1. The number of benzene rings is 1. The average Bonchev–Trinajstić information content (AvgIpc) is 3.50. The molecule has 140 valence electrons. The van der Waals surface area contributed by atoms with Gasteiger partial charge in [-0.05, 0) is 56.4 Å². The number of hydrogen-bond acceptors (Lipinski definition) is 3. The quantitative estimate of drug-likeness (QED) is 0.778. The Balaban J connectivity index is 1.37. The molecule has 4 rings (SSSR count). The lowest BCUT2D eigenvalue weighted by Gasteiger charge is -2.38. The average molecular weight is 359 g/mol. The molecule has 6 heteroatoms. The number of nitrogens with zero attached hydrogens (tertiary/aromatic N) is 3. The molecule has 0 unspecified atom stereocenters. The monoisotopic (exact) mass is 359 g/mol. The Morgan fingerprint density at radius 2 is 1.31 bits per heavy atom. The van der Waals surface area contributed by atoms with E-state index in [1.807, 2.05) is 9.80 Å². The van der Waals surface area contributed by atoms with E-state index in [-0.39, 0.29) is 17.6 Å². The molecule has 1 aromatic rings. The van der Waals surface area contributed by atoms with E-state index in [2.05, 4.69) is 4.90 Å². The van der Waals surface area contributed by atoms with Crippen molar-refractivity contribution in [2.24, 2.45) is 5.41 Å². The number of anilines is 1. The van der Waals surface area contributed by atoms with Crippen LogP contribution >= 0.6 is 0 Å². The van der Waals surface area contributed by atoms with Crippen molar-refractivity contribution in [1.82, 2.24) is 9.80 Å². The van der Waals surface area contributed by atoms with E-state index in [4.69, 9.17) is 0 Å². The van der Waals surface area contributed by atoms with E-state index < -0.39 is 5.41 Å². The van der Waals surface area contributed by atoms with Crippen LogP contribution in [0.3, 0.4) is 0 Å². The number of piperidine rings is 1. The lowest BCUT2D eigenvalue weighted by atomic mass is 10.00. The van der Waals surface area contributed by atoms with Crippen LogP contribution in [0, 0.1) is 11.2 Å². The number of amides is 2. The maximum absolute atomic E-state index is 13.1. The second-order valence-corrected chi connectivity index (χ2v) is 7.69. The van der Waals surface area contributed by atoms with Crippen LogP contribution in [0.1, 0.15) is 32.1 Å². The molecule has 0 bridgehead atoms. The normalized spacial score (nSPS) is 22.3. The number of hydrogen-bond donors (Lipinski definition) is 0. The van der Waals surface area contributed by atoms with E-state index >= 15 is 0 Å². The Bertz CT molecular complexity index is 673. The molecule has 0 radical (unpaired) electrons. The van der Waals surface area contributed by atoms with E-state index in [0.717, 1.165) is 31.6 Å². The van der Waals surface area contributed by atoms with Crippen LogP contribution < -0.4 is 4.90 Å². The summed E-state index contributed by atoms with van der Waals surface area (Å²) in [6.07, 6.45) is 4.66. The van der Waals surface area contributed by atoms with Gasteiger partial charge in [0, 0.05) is 45.0 Å². The molecule has 3 fully saturated rings. The molecule has 2 saturated heterocycles. The molecule has 1 aliphatic carbocycles. The van der Waals surface area contributed by atoms with Crippen LogP contribution in [0.15, 0.2) is 24.3 Å². The summed E-state index contributed by atoms with van der Waals surface area (Å²) in [6, 6.07) is 6.47. The van der Waals surface area contributed by atoms with E-state index in [1.165, 1.54) is 18.6 Å². The first kappa shape index (κ1) is 17.3. The van der Waals surface area contributed by atoms with Crippen LogP contribution in [-0.2, 0) is 9.59 Å². The van der Waals surface area contributed by atoms with Gasteiger partial charge in [-0.3, -0.25) is 9.59 Å². The summed E-state index contributed by atoms with van der Waals surface area (Å²) in [5.74, 6) is -0.163. The zero-order valence-corrected chi connectivity index (χ0v) is 15.1. The van der Waals surface area contributed by atoms with Gasteiger partial charge in [0.15, 0.2) is 0 Å². The predicted octanol–water partition coefficient (Wildman–Crippen LogP) is 2.27. The standard InChI is InChI=1S/C20H26FN3O2/c21-16-4-6-17(7-5-16)22-12-14-24(15-13-22)19(26)20(8-9-20)18(25)23-10-2-1-3-11-23/h4-7H,1-3,8-15H2. The summed E-state index contributed by atoms with van der Waals surface area (Å²) in [7, 11) is 0. The van der Waals surface area contributed by atoms with Gasteiger partial charge in [0.25, 0.3) is 0 Å². The molecular weight excluding hydrogens is 333 g/mol. The van der Waals surface area contributed by atoms with Gasteiger partial charge in [-0.25, -0.2) is 4.39 Å². The Morgan fingerprint density at radius 3 is 1.85 bits per heavy atom. The minimum absolute atomic E-state index is 0.0202. The number of halogens is 1. The maximum atomic E-state index is 13.1. The summed E-state index contributed by atoms with van der Waals surface area (Å²) in [5, 5.41) is 0. The van der Waals surface area contributed by atoms with Crippen molar-refractivity contribution in [1.29, 1.82) is 0 Å². The van der Waals surface area contributed by atoms with Crippen molar-refractivity contribution in [2.75, 3.05) is 44.2 Å². The van der Waals surface area contributed by atoms with Gasteiger partial charge < -0.3 is 14.7 Å². The lowest BCUT2D eigenvalue weighted by Crippen LogP contribution is -2.54. The molecule has 1 aromatic carbocycles. The summed E-state index contributed by atoms with van der Waals surface area (Å²) in [5.41, 5.74) is 0.207. The molecule has 26 heavy (non-hydrogen) atoms. The van der Waals surface area contributed by atoms with E-state index in [9.17, 15) is 14.0 Å². The first-order chi connectivity index (χ1) is 12.6. The molecule has 1 saturated carbocycles. The molecule has 3 aliphatic rings. The molecule has 2 amide bonds. The van der Waals surface area contributed by atoms with Gasteiger partial charge in [-0.1, -0.05) is 0 Å². The summed E-state index contributed by atoms with van der Waals surface area (Å²) in [6.45, 7) is 4.26. The second-order valence-electron chi connectivity index (χ2n) is 7.69. The number of carbonyl (C=O) groups is 2. The highest BCUT2D eigenvalue weighted by atomic mass is 19.1. The zero-order chi connectivity index (χ0) is 18.1. The first-order valence-corrected chi connectivity index (χ1v) is 9.69. The third kappa shape index (κ3) is 3.17. The molecular formula is C20H26FN3O2. The molecule has 2 heterocycles. The third-order valence-corrected chi connectivity index (χ3v) is 5.97. The lowest BCUT2D eigenvalue weighted by molar-refractivity contribution is -0.150. The first-order valence-electron chi connectivity index (χ1n) is 9.69. The molecule has 0 atom stereocenters. The van der Waals surface area contributed by atoms with Gasteiger partial charge in [-0.2, -0.15) is 0 Å². The molecule has 5 nitrogen and oxygen atoms in total. The Hall–Kier alpha value is -2.11. The van der Waals surface area contributed by atoms with Gasteiger partial charge in [-0.15, -0.1) is 0 Å². The fourth-order valence-corrected chi connectivity index (χ4v) is 4.17. The highest BCUT2D eigenvalue weighted by Gasteiger charge is 2.59. The highest BCUT2D eigenvalue weighted by Crippen LogP contribution is 2.49. The Morgan fingerprint density at radius 1 is 0.769 bits per heavy atom. The molecule has 0 spiro atoms. The van der Waals surface area contributed by atoms with Gasteiger partial charge in [0.05, 0.1) is 0 Å². The molecule has 0 aromatic heterocycles. The molecule has 2 aliphatic heterocycles. The van der Waals surface area contributed by atoms with Crippen LogP contribution in [0.4, 0.5) is 10.1 Å². The largest absolute Gasteiger partial charge is 0.368 e. The van der Waals surface area contributed by atoms with Gasteiger partial charge in [0.2, 0.25) is 11.8 Å². The van der Waals surface area contributed by atoms with Crippen molar-refractivity contribution >= 4 is 17.5 Å². The van der Waals surface area contributed by atoms with Crippen LogP contribution in [-0.4, -0.2) is 60.9 Å². The number of rotatable bonds is 3. The van der Waals surface area contributed by atoms with Crippen LogP contribution in [0.2, 0.25) is 0 Å². The van der Waals surface area contributed by atoms with Crippen molar-refractivity contribution < 1.29 is 14.0 Å². The second kappa shape index (κ2) is 6.89. The number of piperazine rings is 1. The Kier molecular flexibility index (Phi) is 4.59. The van der Waals surface area contributed by atoms with E-state index in [1.54, 1.807) is 12.1 Å². The van der Waals surface area contributed by atoms with Gasteiger partial charge in [0.1, 0.15) is 11.2 Å². The van der Waals surface area contributed by atoms with Crippen molar-refractivity contribution in [2.45, 2.75) is 32.1 Å². The summed E-state index contributed by atoms with van der Waals surface area (Å²) in [4.78, 5) is 31.9. The van der Waals surface area contributed by atoms with Crippen LogP contribution in [0.25, 0.3) is 0 Å². The van der Waals surface area contributed by atoms with Crippen LogP contribution in [0.5, 0.6) is 0 Å². The SMILES string of the molecule is O=C(N1CCCCC1)C1(C(=O)N2CCN(c3ccc(F)cc3)CC2)CC1. The number of carbonyl (C=O) groups excluding carboxylic acids is 2. The summed E-state index contributed by atoms with van der Waals surface area (Å²) >= 11 is 0. The number of likely N-dealkylation sites (tertiary alicyclic amines) is 1. The minimum Gasteiger partial charge on any atom is -0.368 e. The third-order valence-electron chi connectivity index (χ3n) is 5.97. The van der Waals surface area contributed by atoms with Crippen molar-refractivity contribution in [3.8, 4) is 0 Å². The topological polar surface area (TPSA) is 43.9 Å². The smallest absolute Gasteiger partial charge is 0.238 e. The fraction of sp³-hybridized carbons (Fsp3) is 0.600. The maximum Gasteiger partial charge on any atom is 0.238 e. The Labute approximate surface area is 153 Å². The fourth-order valence-electron chi connectivity index (χ4n) is 4.17. The minimum atomic E-state index is -0.768. The highest BCUT2D eigenvalue weighted by molar-refractivity contribution is 6.08. The van der Waals surface area contributed by atoms with Crippen molar-refractivity contribution in [3.05, 3.63) is 30.1 Å². The van der Waals surface area contributed by atoms with Crippen molar-refractivity contribution in [3.63, 3.8) is 0 Å². The van der Waals surface area contributed by atoms with E-state index in [0.29, 0.717) is 39.0 Å². The summed E-state index contributed by atoms with van der Waals surface area (Å²) < 4.78 is 13.1. The predicted molar refractivity (Wildman–Crippen MR) is 97.3 cm³/mol.